The van der Waals surface area contributed by atoms with E-state index >= 15 is 0 Å². The van der Waals surface area contributed by atoms with Gasteiger partial charge in [0, 0.05) is 12.1 Å². The molecule has 0 bridgehead atoms. The summed E-state index contributed by atoms with van der Waals surface area (Å²) >= 11 is 5.98. The Labute approximate surface area is 156 Å². The Morgan fingerprint density at radius 2 is 2.19 bits per heavy atom. The zero-order valence-electron chi connectivity index (χ0n) is 14.8. The van der Waals surface area contributed by atoms with Crippen LogP contribution in [0.5, 0.6) is 5.75 Å². The number of nitrogens with zero attached hydrogens (tertiary/aromatic N) is 2. The second-order valence-electron chi connectivity index (χ2n) is 6.29. The van der Waals surface area contributed by atoms with Crippen molar-refractivity contribution in [1.29, 1.82) is 0 Å². The van der Waals surface area contributed by atoms with Gasteiger partial charge in [0.1, 0.15) is 12.4 Å². The number of benzene rings is 1. The zero-order valence-corrected chi connectivity index (χ0v) is 15.6. The fourth-order valence-electron chi connectivity index (χ4n) is 2.90. The van der Waals surface area contributed by atoms with E-state index in [1.807, 2.05) is 6.92 Å². The number of anilines is 1. The molecule has 1 amide bonds. The highest BCUT2D eigenvalue weighted by molar-refractivity contribution is 6.30. The number of ether oxygens (including phenoxy) is 2. The lowest BCUT2D eigenvalue weighted by Crippen LogP contribution is -2.32. The summed E-state index contributed by atoms with van der Waals surface area (Å²) in [7, 11) is 1.80. The number of carbonyl (C=O) groups excluding carboxylic acids is 2. The van der Waals surface area contributed by atoms with Gasteiger partial charge >= 0.3 is 5.97 Å². The van der Waals surface area contributed by atoms with Gasteiger partial charge in [0.25, 0.3) is 5.91 Å². The number of carbonyl (C=O) groups is 2. The van der Waals surface area contributed by atoms with Gasteiger partial charge < -0.3 is 14.8 Å². The topological polar surface area (TPSA) is 82.5 Å². The minimum atomic E-state index is -0.467. The van der Waals surface area contributed by atoms with Gasteiger partial charge in [0.2, 0.25) is 0 Å². The molecule has 0 unspecified atom stereocenters. The van der Waals surface area contributed by atoms with Crippen LogP contribution in [0, 0.1) is 19.8 Å². The van der Waals surface area contributed by atoms with Gasteiger partial charge in [0.15, 0.2) is 6.61 Å². The normalized spacial score (nSPS) is 15.8. The first-order valence-corrected chi connectivity index (χ1v) is 8.61. The van der Waals surface area contributed by atoms with E-state index in [9.17, 15) is 9.59 Å². The highest BCUT2D eigenvalue weighted by atomic mass is 35.5. The van der Waals surface area contributed by atoms with E-state index in [1.54, 1.807) is 36.9 Å². The molecular formula is C18H20ClN3O4. The quantitative estimate of drug-likeness (QED) is 0.827. The maximum absolute atomic E-state index is 12.3. The number of aromatic nitrogens is 2. The first kappa shape index (κ1) is 18.3. The Bertz CT molecular complexity index is 862. The van der Waals surface area contributed by atoms with Gasteiger partial charge in [-0.3, -0.25) is 14.3 Å². The van der Waals surface area contributed by atoms with Gasteiger partial charge in [-0.1, -0.05) is 11.6 Å². The number of hydrogen-bond donors (Lipinski definition) is 1. The van der Waals surface area contributed by atoms with Crippen molar-refractivity contribution in [2.24, 2.45) is 13.0 Å². The van der Waals surface area contributed by atoms with Crippen LogP contribution >= 0.6 is 11.6 Å². The van der Waals surface area contributed by atoms with Gasteiger partial charge in [-0.25, -0.2) is 0 Å². The largest absolute Gasteiger partial charge is 0.492 e. The molecule has 0 saturated carbocycles. The number of nitrogens with one attached hydrogen (secondary N) is 1. The SMILES string of the molecule is Cc1nn(C)c(C)c1NC(=O)COC(=O)[C@H]1COc2ccc(Cl)cc2C1. The molecule has 1 aromatic carbocycles. The average Bonchev–Trinajstić information content (AvgIpc) is 2.85. The number of fused-ring (bicyclic) bond motifs is 1. The summed E-state index contributed by atoms with van der Waals surface area (Å²) in [6.45, 7) is 3.52. The second-order valence-corrected chi connectivity index (χ2v) is 6.73. The van der Waals surface area contributed by atoms with E-state index in [2.05, 4.69) is 10.4 Å². The van der Waals surface area contributed by atoms with Crippen molar-refractivity contribution in [3.63, 3.8) is 0 Å². The third kappa shape index (κ3) is 3.83. The average molecular weight is 378 g/mol. The van der Waals surface area contributed by atoms with E-state index in [0.29, 0.717) is 22.8 Å². The van der Waals surface area contributed by atoms with Crippen LogP contribution in [0.2, 0.25) is 5.02 Å². The number of hydrogen-bond acceptors (Lipinski definition) is 5. The first-order chi connectivity index (χ1) is 12.3. The maximum atomic E-state index is 12.3. The molecule has 2 heterocycles. The summed E-state index contributed by atoms with van der Waals surface area (Å²) in [6.07, 6.45) is 0.469. The van der Waals surface area contributed by atoms with E-state index in [4.69, 9.17) is 21.1 Å². The maximum Gasteiger partial charge on any atom is 0.313 e. The third-order valence-electron chi connectivity index (χ3n) is 4.38. The summed E-state index contributed by atoms with van der Waals surface area (Å²) in [5.41, 5.74) is 3.03. The number of aryl methyl sites for hydroxylation is 2. The molecule has 1 aromatic heterocycles. The molecule has 2 aromatic rings. The van der Waals surface area contributed by atoms with Crippen LogP contribution < -0.4 is 10.1 Å². The minimum Gasteiger partial charge on any atom is -0.492 e. The van der Waals surface area contributed by atoms with E-state index in [-0.39, 0.29) is 13.2 Å². The molecule has 7 nitrogen and oxygen atoms in total. The fourth-order valence-corrected chi connectivity index (χ4v) is 3.09. The van der Waals surface area contributed by atoms with Gasteiger partial charge in [-0.05, 0) is 44.0 Å². The lowest BCUT2D eigenvalue weighted by molar-refractivity contribution is -0.152. The molecule has 0 saturated heterocycles. The lowest BCUT2D eigenvalue weighted by Gasteiger charge is -2.24. The van der Waals surface area contributed by atoms with E-state index < -0.39 is 17.8 Å². The number of halogens is 1. The van der Waals surface area contributed by atoms with Crippen molar-refractivity contribution in [2.75, 3.05) is 18.5 Å². The number of rotatable bonds is 4. The molecule has 26 heavy (non-hydrogen) atoms. The van der Waals surface area contributed by atoms with Crippen molar-refractivity contribution >= 4 is 29.2 Å². The first-order valence-electron chi connectivity index (χ1n) is 8.23. The van der Waals surface area contributed by atoms with Crippen LogP contribution in [-0.4, -0.2) is 34.9 Å². The Morgan fingerprint density at radius 3 is 2.88 bits per heavy atom. The standard InChI is InChI=1S/C18H20ClN3O4/c1-10-17(11(2)22(3)21-10)20-16(23)9-26-18(24)13-6-12-7-14(19)4-5-15(12)25-8-13/h4-5,7,13H,6,8-9H2,1-3H3,(H,20,23)/t13-/m1/s1. The molecule has 1 aliphatic rings. The Hall–Kier alpha value is -2.54. The van der Waals surface area contributed by atoms with Gasteiger partial charge in [-0.15, -0.1) is 0 Å². The summed E-state index contributed by atoms with van der Waals surface area (Å²) in [5, 5.41) is 7.55. The number of esters is 1. The van der Waals surface area contributed by atoms with E-state index in [0.717, 1.165) is 17.0 Å². The predicted molar refractivity (Wildman–Crippen MR) is 96.4 cm³/mol. The number of amides is 1. The van der Waals surface area contributed by atoms with Crippen molar-refractivity contribution in [3.8, 4) is 5.75 Å². The molecule has 0 aliphatic carbocycles. The van der Waals surface area contributed by atoms with Gasteiger partial charge in [0.05, 0.1) is 23.0 Å². The molecule has 1 N–H and O–H groups in total. The molecular weight excluding hydrogens is 358 g/mol. The molecule has 8 heteroatoms. The monoisotopic (exact) mass is 377 g/mol. The van der Waals surface area contributed by atoms with Gasteiger partial charge in [-0.2, -0.15) is 5.10 Å². The molecule has 3 rings (SSSR count). The zero-order chi connectivity index (χ0) is 18.8. The Kier molecular flexibility index (Phi) is 5.18. The van der Waals surface area contributed by atoms with Crippen LogP contribution in [0.4, 0.5) is 5.69 Å². The lowest BCUT2D eigenvalue weighted by atomic mass is 9.97. The summed E-state index contributed by atoms with van der Waals surface area (Å²) in [6, 6.07) is 5.30. The highest BCUT2D eigenvalue weighted by Gasteiger charge is 2.28. The van der Waals surface area contributed by atoms with E-state index in [1.165, 1.54) is 0 Å². The van der Waals surface area contributed by atoms with Crippen molar-refractivity contribution in [2.45, 2.75) is 20.3 Å². The van der Waals surface area contributed by atoms with Crippen LogP contribution in [0.15, 0.2) is 18.2 Å². The molecule has 0 radical (unpaired) electrons. The fraction of sp³-hybridized carbons (Fsp3) is 0.389. The van der Waals surface area contributed by atoms with Crippen molar-refractivity contribution in [3.05, 3.63) is 40.2 Å². The Morgan fingerprint density at radius 1 is 1.42 bits per heavy atom. The molecule has 1 aliphatic heterocycles. The molecule has 1 atom stereocenters. The minimum absolute atomic E-state index is 0.218. The highest BCUT2D eigenvalue weighted by Crippen LogP contribution is 2.30. The molecule has 0 fully saturated rings. The van der Waals surface area contributed by atoms with Crippen LogP contribution in [0.1, 0.15) is 17.0 Å². The van der Waals surface area contributed by atoms with Crippen molar-refractivity contribution in [1.82, 2.24) is 9.78 Å². The summed E-state index contributed by atoms with van der Waals surface area (Å²) in [5.74, 6) is -0.613. The van der Waals surface area contributed by atoms with Crippen LogP contribution in [0.25, 0.3) is 0 Å². The smallest absolute Gasteiger partial charge is 0.313 e. The molecule has 0 spiro atoms. The van der Waals surface area contributed by atoms with Crippen LogP contribution in [-0.2, 0) is 27.8 Å². The Balaban J connectivity index is 1.55. The molecule has 138 valence electrons. The van der Waals surface area contributed by atoms with Crippen molar-refractivity contribution < 1.29 is 19.1 Å². The summed E-state index contributed by atoms with van der Waals surface area (Å²) in [4.78, 5) is 24.3. The summed E-state index contributed by atoms with van der Waals surface area (Å²) < 4.78 is 12.4. The third-order valence-corrected chi connectivity index (χ3v) is 4.62. The second kappa shape index (κ2) is 7.37. The predicted octanol–water partition coefficient (Wildman–Crippen LogP) is 2.42. The van der Waals surface area contributed by atoms with Crippen LogP contribution in [0.3, 0.4) is 0 Å².